The molecule has 156 valence electrons. The number of cyclic esters (lactones) is 1. The number of halogens is 1. The van der Waals surface area contributed by atoms with Crippen molar-refractivity contribution in [2.75, 3.05) is 19.5 Å². The van der Waals surface area contributed by atoms with Crippen LogP contribution in [0.2, 0.25) is 0 Å². The number of benzene rings is 2. The Hall–Kier alpha value is -3.15. The average Bonchev–Trinajstić information content (AvgIpc) is 3.18. The van der Waals surface area contributed by atoms with E-state index in [0.29, 0.717) is 5.56 Å². The molecule has 2 atom stereocenters. The van der Waals surface area contributed by atoms with E-state index in [1.54, 1.807) is 24.3 Å². The highest BCUT2D eigenvalue weighted by Crippen LogP contribution is 2.39. The van der Waals surface area contributed by atoms with Crippen molar-refractivity contribution in [1.82, 2.24) is 0 Å². The number of carbonyl (C=O) groups excluding carboxylic acids is 2. The number of esters is 2. The van der Waals surface area contributed by atoms with Crippen molar-refractivity contribution < 1.29 is 28.7 Å². The number of nitro benzene ring substituents is 1. The third-order valence-electron chi connectivity index (χ3n) is 4.61. The first-order chi connectivity index (χ1) is 14.3. The number of non-ortho nitro benzene ring substituents is 1. The molecule has 0 aromatic heterocycles. The minimum absolute atomic E-state index is 0.135. The maximum atomic E-state index is 13.1. The summed E-state index contributed by atoms with van der Waals surface area (Å²) in [4.78, 5) is 35.5. The molecule has 9 nitrogen and oxygen atoms in total. The lowest BCUT2D eigenvalue weighted by atomic mass is 9.83. The molecule has 1 N–H and O–H groups in total. The predicted molar refractivity (Wildman–Crippen MR) is 115 cm³/mol. The summed E-state index contributed by atoms with van der Waals surface area (Å²) < 4.78 is 16.7. The molecular weight excluding hydrogens is 507 g/mol. The van der Waals surface area contributed by atoms with E-state index in [0.717, 1.165) is 3.57 Å². The number of nitrogens with zero attached hydrogens (tertiary/aromatic N) is 1. The number of nitrogens with one attached hydrogen (secondary N) is 1. The molecule has 0 saturated heterocycles. The van der Waals surface area contributed by atoms with Gasteiger partial charge in [0.2, 0.25) is 5.54 Å². The average molecular weight is 524 g/mol. The zero-order chi connectivity index (χ0) is 21.9. The Labute approximate surface area is 185 Å². The van der Waals surface area contributed by atoms with Crippen LogP contribution < -0.4 is 10.1 Å². The standard InChI is InChI=1S/C20H17IN2O7/c1-28-16-11-14(23(26)27)7-8-15(16)22-20(19(25)29-2,17-9-10-18(24)30-17)12-3-5-13(21)6-4-12/h3-11,17,22H,1-2H3/t17-,20+/m1/s1. The topological polar surface area (TPSA) is 117 Å². The molecule has 0 spiro atoms. The van der Waals surface area contributed by atoms with Crippen LogP contribution in [0.5, 0.6) is 5.75 Å². The molecule has 0 aliphatic carbocycles. The SMILES string of the molecule is COC(=O)[C@](Nc1ccc([N+](=O)[O-])cc1OC)(c1ccc(I)cc1)[C@H]1C=CC(=O)O1. The van der Waals surface area contributed by atoms with Gasteiger partial charge in [0.15, 0.2) is 6.10 Å². The second-order valence-corrected chi connectivity index (χ2v) is 7.54. The van der Waals surface area contributed by atoms with E-state index in [1.165, 1.54) is 44.6 Å². The summed E-state index contributed by atoms with van der Waals surface area (Å²) in [6, 6.07) is 10.9. The number of rotatable bonds is 7. The van der Waals surface area contributed by atoms with Crippen LogP contribution >= 0.6 is 22.6 Å². The van der Waals surface area contributed by atoms with Crippen LogP contribution in [0.25, 0.3) is 0 Å². The zero-order valence-electron chi connectivity index (χ0n) is 16.0. The first-order valence-corrected chi connectivity index (χ1v) is 9.73. The van der Waals surface area contributed by atoms with Gasteiger partial charge in [0, 0.05) is 15.7 Å². The second kappa shape index (κ2) is 8.69. The zero-order valence-corrected chi connectivity index (χ0v) is 18.1. The number of nitro groups is 1. The monoisotopic (exact) mass is 524 g/mol. The van der Waals surface area contributed by atoms with Crippen LogP contribution in [0.15, 0.2) is 54.6 Å². The summed E-state index contributed by atoms with van der Waals surface area (Å²) in [5.74, 6) is -1.18. The maximum Gasteiger partial charge on any atom is 0.340 e. The quantitative estimate of drug-likeness (QED) is 0.254. The molecule has 1 aliphatic rings. The Morgan fingerprint density at radius 1 is 1.23 bits per heavy atom. The highest BCUT2D eigenvalue weighted by Gasteiger charge is 2.52. The summed E-state index contributed by atoms with van der Waals surface area (Å²) in [6.07, 6.45) is 1.66. The molecular formula is C20H17IN2O7. The molecule has 1 heterocycles. The lowest BCUT2D eigenvalue weighted by Gasteiger charge is -2.37. The normalized spacial score (nSPS) is 17.0. The molecule has 0 radical (unpaired) electrons. The van der Waals surface area contributed by atoms with Crippen LogP contribution in [0.4, 0.5) is 11.4 Å². The number of ether oxygens (including phenoxy) is 3. The molecule has 10 heteroatoms. The van der Waals surface area contributed by atoms with E-state index in [4.69, 9.17) is 14.2 Å². The first-order valence-electron chi connectivity index (χ1n) is 8.65. The molecule has 0 bridgehead atoms. The predicted octanol–water partition coefficient (Wildman–Crippen LogP) is 3.17. The van der Waals surface area contributed by atoms with Crippen molar-refractivity contribution in [3.8, 4) is 5.75 Å². The maximum absolute atomic E-state index is 13.1. The molecule has 2 aromatic rings. The van der Waals surface area contributed by atoms with Crippen molar-refractivity contribution in [2.45, 2.75) is 11.6 Å². The molecule has 2 aromatic carbocycles. The van der Waals surface area contributed by atoms with Gasteiger partial charge >= 0.3 is 11.9 Å². The molecule has 0 saturated carbocycles. The Morgan fingerprint density at radius 3 is 2.47 bits per heavy atom. The van der Waals surface area contributed by atoms with Gasteiger partial charge in [-0.3, -0.25) is 10.1 Å². The molecule has 3 rings (SSSR count). The fourth-order valence-electron chi connectivity index (χ4n) is 3.18. The third kappa shape index (κ3) is 3.95. The molecule has 1 aliphatic heterocycles. The minimum atomic E-state index is -1.66. The van der Waals surface area contributed by atoms with Crippen molar-refractivity contribution in [1.29, 1.82) is 0 Å². The van der Waals surface area contributed by atoms with Crippen molar-refractivity contribution >= 4 is 45.9 Å². The number of anilines is 1. The van der Waals surface area contributed by atoms with E-state index in [9.17, 15) is 19.7 Å². The Morgan fingerprint density at radius 2 is 1.93 bits per heavy atom. The molecule has 0 unspecified atom stereocenters. The Bertz CT molecular complexity index is 1020. The van der Waals surface area contributed by atoms with Gasteiger partial charge in [0.05, 0.1) is 30.9 Å². The lowest BCUT2D eigenvalue weighted by Crippen LogP contribution is -2.53. The van der Waals surface area contributed by atoms with Crippen LogP contribution in [-0.4, -0.2) is 37.2 Å². The summed E-state index contributed by atoms with van der Waals surface area (Å²) in [5, 5.41) is 14.2. The Balaban J connectivity index is 2.19. The fraction of sp³-hybridized carbons (Fsp3) is 0.200. The van der Waals surface area contributed by atoms with E-state index >= 15 is 0 Å². The second-order valence-electron chi connectivity index (χ2n) is 6.29. The van der Waals surface area contributed by atoms with Crippen LogP contribution in [0.3, 0.4) is 0 Å². The van der Waals surface area contributed by atoms with Crippen molar-refractivity contribution in [3.05, 3.63) is 73.9 Å². The van der Waals surface area contributed by atoms with Crippen LogP contribution in [-0.2, 0) is 24.6 Å². The summed E-state index contributed by atoms with van der Waals surface area (Å²) in [7, 11) is 2.57. The van der Waals surface area contributed by atoms with Gasteiger partial charge in [-0.25, -0.2) is 9.59 Å². The largest absolute Gasteiger partial charge is 0.494 e. The van der Waals surface area contributed by atoms with Crippen LogP contribution in [0, 0.1) is 13.7 Å². The van der Waals surface area contributed by atoms with Gasteiger partial charge in [-0.1, -0.05) is 12.1 Å². The first kappa shape index (κ1) is 21.6. The summed E-state index contributed by atoms with van der Waals surface area (Å²) >= 11 is 2.13. The van der Waals surface area contributed by atoms with E-state index in [1.807, 2.05) is 0 Å². The highest BCUT2D eigenvalue weighted by atomic mass is 127. The third-order valence-corrected chi connectivity index (χ3v) is 5.33. The summed E-state index contributed by atoms with van der Waals surface area (Å²) in [6.45, 7) is 0. The minimum Gasteiger partial charge on any atom is -0.494 e. The number of hydrogen-bond acceptors (Lipinski definition) is 8. The number of methoxy groups -OCH3 is 2. The highest BCUT2D eigenvalue weighted by molar-refractivity contribution is 14.1. The number of carbonyl (C=O) groups is 2. The fourth-order valence-corrected chi connectivity index (χ4v) is 3.54. The van der Waals surface area contributed by atoms with E-state index < -0.39 is 28.5 Å². The van der Waals surface area contributed by atoms with Crippen LogP contribution in [0.1, 0.15) is 5.56 Å². The van der Waals surface area contributed by atoms with E-state index in [-0.39, 0.29) is 17.1 Å². The molecule has 30 heavy (non-hydrogen) atoms. The number of hydrogen-bond donors (Lipinski definition) is 1. The Kier molecular flexibility index (Phi) is 6.25. The van der Waals surface area contributed by atoms with Gasteiger partial charge in [-0.2, -0.15) is 0 Å². The lowest BCUT2D eigenvalue weighted by molar-refractivity contribution is -0.384. The molecule has 0 fully saturated rings. The smallest absolute Gasteiger partial charge is 0.340 e. The van der Waals surface area contributed by atoms with Gasteiger partial charge in [-0.05, 0) is 52.4 Å². The van der Waals surface area contributed by atoms with Gasteiger partial charge in [-0.15, -0.1) is 0 Å². The van der Waals surface area contributed by atoms with E-state index in [2.05, 4.69) is 27.9 Å². The van der Waals surface area contributed by atoms with Crippen molar-refractivity contribution in [3.63, 3.8) is 0 Å². The van der Waals surface area contributed by atoms with Gasteiger partial charge in [0.25, 0.3) is 5.69 Å². The van der Waals surface area contributed by atoms with Gasteiger partial charge < -0.3 is 19.5 Å². The van der Waals surface area contributed by atoms with Crippen molar-refractivity contribution in [2.24, 2.45) is 0 Å². The summed E-state index contributed by atoms with van der Waals surface area (Å²) in [5.41, 5.74) is -1.09. The van der Waals surface area contributed by atoms with Gasteiger partial charge in [0.1, 0.15) is 5.75 Å². The molecule has 0 amide bonds.